The summed E-state index contributed by atoms with van der Waals surface area (Å²) in [4.78, 5) is 40.7. The van der Waals surface area contributed by atoms with E-state index >= 15 is 0 Å². The van der Waals surface area contributed by atoms with Gasteiger partial charge in [-0.25, -0.2) is 9.78 Å². The van der Waals surface area contributed by atoms with Gasteiger partial charge in [0.25, 0.3) is 5.56 Å². The first-order valence-electron chi connectivity index (χ1n) is 10.7. The van der Waals surface area contributed by atoms with Gasteiger partial charge in [0, 0.05) is 22.5 Å². The van der Waals surface area contributed by atoms with Crippen LogP contribution in [0.2, 0.25) is 0 Å². The Labute approximate surface area is 217 Å². The predicted molar refractivity (Wildman–Crippen MR) is 138 cm³/mol. The molecule has 0 amide bonds. The Kier molecular flexibility index (Phi) is 8.73. The summed E-state index contributed by atoms with van der Waals surface area (Å²) in [5.41, 5.74) is 0.165. The average molecular weight is 610 g/mol. The van der Waals surface area contributed by atoms with Crippen LogP contribution in [0.15, 0.2) is 49.2 Å². The molecule has 0 saturated heterocycles. The molecule has 0 unspecified atom stereocenters. The summed E-state index contributed by atoms with van der Waals surface area (Å²) in [6.07, 6.45) is 1.54. The first-order chi connectivity index (χ1) is 16.7. The molecular formula is C23H22Br2N4O6. The van der Waals surface area contributed by atoms with Crippen molar-refractivity contribution < 1.29 is 19.2 Å². The molecule has 0 bridgehead atoms. The fourth-order valence-electron chi connectivity index (χ4n) is 3.23. The molecule has 0 N–H and O–H groups in total. The van der Waals surface area contributed by atoms with Gasteiger partial charge in [-0.3, -0.25) is 14.9 Å². The van der Waals surface area contributed by atoms with Crippen LogP contribution in [-0.2, 0) is 16.0 Å². The van der Waals surface area contributed by atoms with Crippen LogP contribution in [0.5, 0.6) is 5.75 Å². The standard InChI is InChI=1S/C23H22Br2N4O6/c1-4-6-20-27-18-8-7-15(24)11-16(18)22(30)28(20)26-12-14-9-17(25)21(19(10-14)29(32)33)35-13(3)23(31)34-5-2/h7-13H,4-6H2,1-3H3/t13-/m1/s1. The lowest BCUT2D eigenvalue weighted by Gasteiger charge is -2.15. The van der Waals surface area contributed by atoms with E-state index in [0.717, 1.165) is 10.9 Å². The number of ether oxygens (including phenoxy) is 2. The SMILES string of the molecule is CCCc1nc2ccc(Br)cc2c(=O)n1N=Cc1cc(Br)c(O[C@H](C)C(=O)OCC)c([N+](=O)[O-])c1. The summed E-state index contributed by atoms with van der Waals surface area (Å²) in [6, 6.07) is 8.02. The maximum atomic E-state index is 13.1. The van der Waals surface area contributed by atoms with Crippen molar-refractivity contribution in [2.45, 2.75) is 39.7 Å². The van der Waals surface area contributed by atoms with Gasteiger partial charge < -0.3 is 9.47 Å². The van der Waals surface area contributed by atoms with Crippen LogP contribution < -0.4 is 10.3 Å². The van der Waals surface area contributed by atoms with Crippen molar-refractivity contribution in [1.29, 1.82) is 0 Å². The highest BCUT2D eigenvalue weighted by Gasteiger charge is 2.25. The quantitative estimate of drug-likeness (QED) is 0.145. The van der Waals surface area contributed by atoms with Gasteiger partial charge in [-0.1, -0.05) is 22.9 Å². The van der Waals surface area contributed by atoms with Crippen LogP contribution in [-0.4, -0.2) is 39.5 Å². The van der Waals surface area contributed by atoms with E-state index in [4.69, 9.17) is 9.47 Å². The maximum Gasteiger partial charge on any atom is 0.347 e. The number of halogens is 2. The van der Waals surface area contributed by atoms with Gasteiger partial charge in [0.15, 0.2) is 6.10 Å². The average Bonchev–Trinajstić information content (AvgIpc) is 2.80. The minimum atomic E-state index is -1.05. The third-order valence-electron chi connectivity index (χ3n) is 4.83. The van der Waals surface area contributed by atoms with Crippen molar-refractivity contribution in [3.05, 3.63) is 71.1 Å². The highest BCUT2D eigenvalue weighted by Crippen LogP contribution is 2.37. The molecule has 2 aromatic carbocycles. The second-order valence-corrected chi connectivity index (χ2v) is 9.19. The van der Waals surface area contributed by atoms with E-state index in [0.29, 0.717) is 28.7 Å². The van der Waals surface area contributed by atoms with Crippen molar-refractivity contribution in [1.82, 2.24) is 9.66 Å². The van der Waals surface area contributed by atoms with Gasteiger partial charge >= 0.3 is 11.7 Å². The van der Waals surface area contributed by atoms with Crippen LogP contribution in [0.3, 0.4) is 0 Å². The van der Waals surface area contributed by atoms with Gasteiger partial charge in [-0.15, -0.1) is 0 Å². The molecule has 0 aliphatic carbocycles. The number of rotatable bonds is 9. The summed E-state index contributed by atoms with van der Waals surface area (Å²) in [5, 5.41) is 16.4. The molecule has 0 aliphatic heterocycles. The third-order valence-corrected chi connectivity index (χ3v) is 5.91. The fraction of sp³-hybridized carbons (Fsp3) is 0.304. The van der Waals surface area contributed by atoms with E-state index in [2.05, 4.69) is 41.9 Å². The van der Waals surface area contributed by atoms with Crippen LogP contribution in [0.1, 0.15) is 38.6 Å². The number of carbonyl (C=O) groups excluding carboxylic acids is 1. The Morgan fingerprint density at radius 3 is 2.69 bits per heavy atom. The van der Waals surface area contributed by atoms with Gasteiger partial charge in [-0.05, 0) is 60.5 Å². The maximum absolute atomic E-state index is 13.1. The number of carbonyl (C=O) groups is 1. The topological polar surface area (TPSA) is 126 Å². The molecule has 3 aromatic rings. The molecule has 0 spiro atoms. The molecule has 1 heterocycles. The number of aromatic nitrogens is 2. The normalized spacial score (nSPS) is 12.1. The minimum absolute atomic E-state index is 0.117. The molecule has 184 valence electrons. The van der Waals surface area contributed by atoms with Crippen LogP contribution in [0.4, 0.5) is 5.69 Å². The molecule has 10 nitrogen and oxygen atoms in total. The second kappa shape index (κ2) is 11.5. The van der Waals surface area contributed by atoms with E-state index in [1.165, 1.54) is 23.9 Å². The van der Waals surface area contributed by atoms with E-state index in [9.17, 15) is 19.7 Å². The summed E-state index contributed by atoms with van der Waals surface area (Å²) in [6.45, 7) is 5.21. The Bertz CT molecular complexity index is 1370. The van der Waals surface area contributed by atoms with Crippen LogP contribution in [0, 0.1) is 10.1 Å². The Balaban J connectivity index is 2.05. The molecule has 35 heavy (non-hydrogen) atoms. The molecule has 3 rings (SSSR count). The third kappa shape index (κ3) is 6.12. The summed E-state index contributed by atoms with van der Waals surface area (Å²) >= 11 is 6.64. The van der Waals surface area contributed by atoms with Crippen LogP contribution >= 0.6 is 31.9 Å². The fourth-order valence-corrected chi connectivity index (χ4v) is 4.16. The zero-order valence-electron chi connectivity index (χ0n) is 19.2. The van der Waals surface area contributed by atoms with Gasteiger partial charge in [-0.2, -0.15) is 9.78 Å². The number of esters is 1. The summed E-state index contributed by atoms with van der Waals surface area (Å²) in [5.74, 6) is -0.285. The Morgan fingerprint density at radius 2 is 2.03 bits per heavy atom. The molecule has 1 atom stereocenters. The lowest BCUT2D eigenvalue weighted by atomic mass is 10.2. The van der Waals surface area contributed by atoms with Gasteiger partial charge in [0.1, 0.15) is 5.82 Å². The molecular weight excluding hydrogens is 588 g/mol. The van der Waals surface area contributed by atoms with Gasteiger partial charge in [0.2, 0.25) is 5.75 Å². The molecule has 1 aromatic heterocycles. The number of hydrogen-bond acceptors (Lipinski definition) is 8. The smallest absolute Gasteiger partial charge is 0.347 e. The zero-order valence-corrected chi connectivity index (χ0v) is 22.3. The van der Waals surface area contributed by atoms with E-state index in [1.807, 2.05) is 6.92 Å². The lowest BCUT2D eigenvalue weighted by molar-refractivity contribution is -0.386. The molecule has 0 radical (unpaired) electrons. The van der Waals surface area contributed by atoms with Crippen molar-refractivity contribution in [3.8, 4) is 5.75 Å². The van der Waals surface area contributed by atoms with Crippen molar-refractivity contribution in [2.75, 3.05) is 6.61 Å². The first-order valence-corrected chi connectivity index (χ1v) is 12.3. The van der Waals surface area contributed by atoms with E-state index < -0.39 is 17.0 Å². The van der Waals surface area contributed by atoms with Crippen molar-refractivity contribution in [3.63, 3.8) is 0 Å². The summed E-state index contributed by atoms with van der Waals surface area (Å²) in [7, 11) is 0. The minimum Gasteiger partial charge on any atom is -0.471 e. The Morgan fingerprint density at radius 1 is 1.29 bits per heavy atom. The number of aryl methyl sites for hydroxylation is 1. The lowest BCUT2D eigenvalue weighted by Crippen LogP contribution is -2.26. The monoisotopic (exact) mass is 608 g/mol. The first kappa shape index (κ1) is 26.5. The number of benzene rings is 2. The van der Waals surface area contributed by atoms with Crippen molar-refractivity contribution >= 4 is 60.6 Å². The molecule has 0 saturated carbocycles. The number of fused-ring (bicyclic) bond motifs is 1. The number of nitro benzene ring substituents is 1. The summed E-state index contributed by atoms with van der Waals surface area (Å²) < 4.78 is 12.6. The second-order valence-electron chi connectivity index (χ2n) is 7.42. The molecule has 12 heteroatoms. The zero-order chi connectivity index (χ0) is 25.7. The largest absolute Gasteiger partial charge is 0.471 e. The predicted octanol–water partition coefficient (Wildman–Crippen LogP) is 4.99. The van der Waals surface area contributed by atoms with Crippen LogP contribution in [0.25, 0.3) is 10.9 Å². The highest BCUT2D eigenvalue weighted by molar-refractivity contribution is 9.10. The number of nitro groups is 1. The molecule has 0 fully saturated rings. The molecule has 0 aliphatic rings. The van der Waals surface area contributed by atoms with Crippen molar-refractivity contribution in [2.24, 2.45) is 5.10 Å². The highest BCUT2D eigenvalue weighted by atomic mass is 79.9. The number of nitrogens with zero attached hydrogens (tertiary/aromatic N) is 4. The Hall–Kier alpha value is -3.12. The van der Waals surface area contributed by atoms with E-state index in [1.54, 1.807) is 31.2 Å². The van der Waals surface area contributed by atoms with Gasteiger partial charge in [0.05, 0.1) is 33.1 Å². The van der Waals surface area contributed by atoms with E-state index in [-0.39, 0.29) is 28.1 Å². The number of hydrogen-bond donors (Lipinski definition) is 0.